The number of hydrogen-bond acceptors (Lipinski definition) is 5. The molecule has 0 saturated heterocycles. The van der Waals surface area contributed by atoms with Crippen molar-refractivity contribution in [1.29, 1.82) is 0 Å². The summed E-state index contributed by atoms with van der Waals surface area (Å²) in [6, 6.07) is 5.62. The quantitative estimate of drug-likeness (QED) is 0.606. The predicted octanol–water partition coefficient (Wildman–Crippen LogP) is -1.44. The molecule has 0 aromatic heterocycles. The second-order valence-corrected chi connectivity index (χ2v) is 5.62. The van der Waals surface area contributed by atoms with E-state index >= 15 is 0 Å². The molecule has 0 aliphatic rings. The topological polar surface area (TPSA) is 142 Å². The SMILES string of the molecule is NS(=O)(=O)NCc1ccc(OS(N)(=O)=O)cc1. The van der Waals surface area contributed by atoms with Crippen molar-refractivity contribution >= 4 is 20.5 Å². The maximum Gasteiger partial charge on any atom is 0.380 e. The summed E-state index contributed by atoms with van der Waals surface area (Å²) in [5.41, 5.74) is 0.584. The molecule has 1 rings (SSSR count). The summed E-state index contributed by atoms with van der Waals surface area (Å²) < 4.78 is 48.9. The fourth-order valence-electron chi connectivity index (χ4n) is 0.981. The molecule has 0 atom stereocenters. The summed E-state index contributed by atoms with van der Waals surface area (Å²) in [5, 5.41) is 9.40. The van der Waals surface area contributed by atoms with E-state index in [0.29, 0.717) is 5.56 Å². The molecule has 0 amide bonds. The van der Waals surface area contributed by atoms with Crippen LogP contribution in [-0.4, -0.2) is 16.8 Å². The van der Waals surface area contributed by atoms with Gasteiger partial charge in [-0.1, -0.05) is 12.1 Å². The van der Waals surface area contributed by atoms with Crippen molar-refractivity contribution in [3.63, 3.8) is 0 Å². The third kappa shape index (κ3) is 6.19. The van der Waals surface area contributed by atoms with E-state index in [-0.39, 0.29) is 12.3 Å². The van der Waals surface area contributed by atoms with Gasteiger partial charge in [0.2, 0.25) is 0 Å². The van der Waals surface area contributed by atoms with E-state index < -0.39 is 20.5 Å². The Labute approximate surface area is 99.0 Å². The molecule has 0 radical (unpaired) electrons. The van der Waals surface area contributed by atoms with Gasteiger partial charge in [0.1, 0.15) is 5.75 Å². The van der Waals surface area contributed by atoms with Gasteiger partial charge in [-0.25, -0.2) is 5.14 Å². The molecular formula is C7H11N3O5S2. The average molecular weight is 281 g/mol. The summed E-state index contributed by atoms with van der Waals surface area (Å²) in [5.74, 6) is 0.0341. The average Bonchev–Trinajstić information content (AvgIpc) is 2.13. The lowest BCUT2D eigenvalue weighted by Crippen LogP contribution is -2.30. The van der Waals surface area contributed by atoms with Crippen LogP contribution in [0.2, 0.25) is 0 Å². The Hall–Kier alpha value is -1.20. The zero-order chi connectivity index (χ0) is 13.1. The molecule has 0 unspecified atom stereocenters. The molecule has 0 heterocycles. The Morgan fingerprint density at radius 2 is 1.59 bits per heavy atom. The highest BCUT2D eigenvalue weighted by atomic mass is 32.2. The summed E-state index contributed by atoms with van der Waals surface area (Å²) >= 11 is 0. The van der Waals surface area contributed by atoms with Crippen LogP contribution in [0.3, 0.4) is 0 Å². The number of rotatable bonds is 5. The molecule has 1 aromatic carbocycles. The smallest absolute Gasteiger partial charge is 0.371 e. The summed E-state index contributed by atoms with van der Waals surface area (Å²) in [7, 11) is -7.82. The maximum atomic E-state index is 10.6. The highest BCUT2D eigenvalue weighted by Crippen LogP contribution is 2.13. The van der Waals surface area contributed by atoms with Gasteiger partial charge in [0, 0.05) is 6.54 Å². The molecule has 1 aromatic rings. The zero-order valence-electron chi connectivity index (χ0n) is 8.53. The first kappa shape index (κ1) is 13.9. The second-order valence-electron chi connectivity index (χ2n) is 3.09. The fraction of sp³-hybridized carbons (Fsp3) is 0.143. The third-order valence-corrected chi connectivity index (χ3v) is 2.58. The van der Waals surface area contributed by atoms with Crippen molar-refractivity contribution in [2.45, 2.75) is 6.54 Å². The van der Waals surface area contributed by atoms with Crippen LogP contribution in [0.15, 0.2) is 24.3 Å². The van der Waals surface area contributed by atoms with Gasteiger partial charge in [-0.15, -0.1) is 0 Å². The van der Waals surface area contributed by atoms with E-state index in [1.54, 1.807) is 0 Å². The van der Waals surface area contributed by atoms with E-state index in [1.165, 1.54) is 24.3 Å². The minimum atomic E-state index is -4.06. The van der Waals surface area contributed by atoms with Crippen LogP contribution >= 0.6 is 0 Å². The monoisotopic (exact) mass is 281 g/mol. The molecule has 0 spiro atoms. The number of benzene rings is 1. The van der Waals surface area contributed by atoms with Crippen LogP contribution in [-0.2, 0) is 27.1 Å². The molecule has 0 aliphatic heterocycles. The standard InChI is InChI=1S/C7H11N3O5S2/c8-16(11,12)10-5-6-1-3-7(4-2-6)15-17(9,13)14/h1-4,10H,5H2,(H2,8,11,12)(H2,9,13,14). The molecule has 96 valence electrons. The van der Waals surface area contributed by atoms with Crippen LogP contribution in [0, 0.1) is 0 Å². The predicted molar refractivity (Wildman–Crippen MR) is 60.1 cm³/mol. The summed E-state index contributed by atoms with van der Waals surface area (Å²) in [6.07, 6.45) is 0. The van der Waals surface area contributed by atoms with Crippen LogP contribution < -0.4 is 19.2 Å². The molecule has 17 heavy (non-hydrogen) atoms. The molecule has 8 nitrogen and oxygen atoms in total. The van der Waals surface area contributed by atoms with Gasteiger partial charge in [0.25, 0.3) is 10.2 Å². The number of hydrogen-bond donors (Lipinski definition) is 3. The Balaban J connectivity index is 2.69. The second kappa shape index (κ2) is 4.98. The van der Waals surface area contributed by atoms with Gasteiger partial charge in [-0.2, -0.15) is 26.7 Å². The largest absolute Gasteiger partial charge is 0.380 e. The molecule has 0 aliphatic carbocycles. The molecular weight excluding hydrogens is 270 g/mol. The van der Waals surface area contributed by atoms with E-state index in [0.717, 1.165) is 0 Å². The molecule has 0 bridgehead atoms. The minimum Gasteiger partial charge on any atom is -0.371 e. The lowest BCUT2D eigenvalue weighted by atomic mass is 10.2. The first-order chi connectivity index (χ1) is 7.66. The Morgan fingerprint density at radius 3 is 2.00 bits per heavy atom. The zero-order valence-corrected chi connectivity index (χ0v) is 10.2. The lowest BCUT2D eigenvalue weighted by molar-refractivity contribution is 0.487. The highest BCUT2D eigenvalue weighted by Gasteiger charge is 2.05. The lowest BCUT2D eigenvalue weighted by Gasteiger charge is -2.04. The van der Waals surface area contributed by atoms with Gasteiger partial charge in [-0.05, 0) is 17.7 Å². The van der Waals surface area contributed by atoms with Gasteiger partial charge < -0.3 is 4.18 Å². The van der Waals surface area contributed by atoms with E-state index in [1.807, 2.05) is 0 Å². The molecule has 5 N–H and O–H groups in total. The molecule has 0 fully saturated rings. The number of nitrogens with two attached hydrogens (primary N) is 2. The van der Waals surface area contributed by atoms with Crippen LogP contribution in [0.25, 0.3) is 0 Å². The van der Waals surface area contributed by atoms with Gasteiger partial charge >= 0.3 is 10.3 Å². The number of nitrogens with one attached hydrogen (secondary N) is 1. The third-order valence-electron chi connectivity index (χ3n) is 1.61. The Kier molecular flexibility index (Phi) is 4.06. The van der Waals surface area contributed by atoms with Gasteiger partial charge in [0.05, 0.1) is 0 Å². The van der Waals surface area contributed by atoms with E-state index in [2.05, 4.69) is 14.0 Å². The first-order valence-corrected chi connectivity index (χ1v) is 7.26. The van der Waals surface area contributed by atoms with Crippen molar-refractivity contribution in [3.8, 4) is 5.75 Å². The van der Waals surface area contributed by atoms with Crippen molar-refractivity contribution in [3.05, 3.63) is 29.8 Å². The van der Waals surface area contributed by atoms with Crippen LogP contribution in [0.4, 0.5) is 0 Å². The van der Waals surface area contributed by atoms with E-state index in [9.17, 15) is 16.8 Å². The first-order valence-electron chi connectivity index (χ1n) is 4.24. The van der Waals surface area contributed by atoms with Crippen LogP contribution in [0.1, 0.15) is 5.56 Å². The van der Waals surface area contributed by atoms with E-state index in [4.69, 9.17) is 5.14 Å². The van der Waals surface area contributed by atoms with Crippen molar-refractivity contribution in [2.24, 2.45) is 10.3 Å². The molecule has 10 heteroatoms. The van der Waals surface area contributed by atoms with Crippen molar-refractivity contribution in [1.82, 2.24) is 4.72 Å². The fourth-order valence-corrected chi connectivity index (χ4v) is 1.73. The van der Waals surface area contributed by atoms with Gasteiger partial charge in [-0.3, -0.25) is 0 Å². The van der Waals surface area contributed by atoms with Crippen molar-refractivity contribution in [2.75, 3.05) is 0 Å². The maximum absolute atomic E-state index is 10.6. The highest BCUT2D eigenvalue weighted by molar-refractivity contribution is 7.87. The van der Waals surface area contributed by atoms with Gasteiger partial charge in [0.15, 0.2) is 0 Å². The molecule has 0 saturated carbocycles. The Morgan fingerprint density at radius 1 is 1.06 bits per heavy atom. The minimum absolute atomic E-state index is 0.00547. The Bertz CT molecular complexity index is 578. The van der Waals surface area contributed by atoms with Crippen molar-refractivity contribution < 1.29 is 21.0 Å². The summed E-state index contributed by atoms with van der Waals surface area (Å²) in [4.78, 5) is 0. The van der Waals surface area contributed by atoms with Crippen LogP contribution in [0.5, 0.6) is 5.75 Å². The summed E-state index contributed by atoms with van der Waals surface area (Å²) in [6.45, 7) is -0.00547. The normalized spacial score (nSPS) is 12.4.